The minimum atomic E-state index is -0.0199. The predicted molar refractivity (Wildman–Crippen MR) is 76.4 cm³/mol. The average Bonchev–Trinajstić information content (AvgIpc) is 2.90. The van der Waals surface area contributed by atoms with Crippen LogP contribution >= 0.6 is 11.6 Å². The minimum absolute atomic E-state index is 0.0199. The van der Waals surface area contributed by atoms with Crippen LogP contribution in [0.5, 0.6) is 0 Å². The van der Waals surface area contributed by atoms with Crippen LogP contribution in [0.3, 0.4) is 0 Å². The number of aromatic nitrogens is 4. The summed E-state index contributed by atoms with van der Waals surface area (Å²) in [5.41, 5.74) is 2.53. The summed E-state index contributed by atoms with van der Waals surface area (Å²) in [6.45, 7) is 4.39. The molecule has 2 aromatic rings. The molecule has 0 aliphatic heterocycles. The standard InChI is InChI=1S/C13H18ClN5O/c1-9-13(14)10(2)19(16-9)8-12(20)17(3)7-11-5-6-15-18(11)4/h5-6H,7-8H2,1-4H3. The molecule has 0 aliphatic rings. The fourth-order valence-corrected chi connectivity index (χ4v) is 2.10. The quantitative estimate of drug-likeness (QED) is 0.860. The van der Waals surface area contributed by atoms with E-state index in [0.717, 1.165) is 17.1 Å². The van der Waals surface area contributed by atoms with Gasteiger partial charge in [0.1, 0.15) is 6.54 Å². The van der Waals surface area contributed by atoms with E-state index in [1.54, 1.807) is 27.5 Å². The van der Waals surface area contributed by atoms with E-state index < -0.39 is 0 Å². The van der Waals surface area contributed by atoms with Gasteiger partial charge in [-0.15, -0.1) is 0 Å². The number of aryl methyl sites for hydroxylation is 2. The Bertz CT molecular complexity index is 631. The van der Waals surface area contributed by atoms with Crippen LogP contribution in [0.1, 0.15) is 17.1 Å². The molecular formula is C13H18ClN5O. The number of nitrogens with zero attached hydrogens (tertiary/aromatic N) is 5. The largest absolute Gasteiger partial charge is 0.338 e. The van der Waals surface area contributed by atoms with Crippen molar-refractivity contribution >= 4 is 17.5 Å². The van der Waals surface area contributed by atoms with Gasteiger partial charge in [-0.3, -0.25) is 14.2 Å². The Morgan fingerprint density at radius 2 is 2.15 bits per heavy atom. The number of carbonyl (C=O) groups is 1. The summed E-state index contributed by atoms with van der Waals surface area (Å²) in [6, 6.07) is 1.89. The molecule has 2 heterocycles. The van der Waals surface area contributed by atoms with E-state index in [1.165, 1.54) is 0 Å². The summed E-state index contributed by atoms with van der Waals surface area (Å²) in [5.74, 6) is -0.0199. The number of amides is 1. The van der Waals surface area contributed by atoms with E-state index in [4.69, 9.17) is 11.6 Å². The Kier molecular flexibility index (Phi) is 4.13. The second kappa shape index (κ2) is 5.66. The molecule has 0 saturated carbocycles. The second-order valence-corrected chi connectivity index (χ2v) is 5.22. The number of hydrogen-bond donors (Lipinski definition) is 0. The summed E-state index contributed by atoms with van der Waals surface area (Å²) < 4.78 is 3.39. The van der Waals surface area contributed by atoms with Crippen molar-refractivity contribution in [3.8, 4) is 0 Å². The first-order valence-corrected chi connectivity index (χ1v) is 6.68. The highest BCUT2D eigenvalue weighted by atomic mass is 35.5. The number of likely N-dealkylation sites (N-methyl/N-ethyl adjacent to an activating group) is 1. The first-order valence-electron chi connectivity index (χ1n) is 6.30. The molecule has 0 radical (unpaired) electrons. The van der Waals surface area contributed by atoms with Gasteiger partial charge in [0.25, 0.3) is 0 Å². The van der Waals surface area contributed by atoms with E-state index in [2.05, 4.69) is 10.2 Å². The highest BCUT2D eigenvalue weighted by molar-refractivity contribution is 6.31. The minimum Gasteiger partial charge on any atom is -0.338 e. The molecule has 0 N–H and O–H groups in total. The van der Waals surface area contributed by atoms with Crippen molar-refractivity contribution < 1.29 is 4.79 Å². The van der Waals surface area contributed by atoms with Crippen molar-refractivity contribution in [2.45, 2.75) is 26.9 Å². The zero-order valence-corrected chi connectivity index (χ0v) is 12.8. The van der Waals surface area contributed by atoms with Crippen molar-refractivity contribution in [3.05, 3.63) is 34.4 Å². The Morgan fingerprint density at radius 3 is 2.65 bits per heavy atom. The lowest BCUT2D eigenvalue weighted by molar-refractivity contribution is -0.131. The van der Waals surface area contributed by atoms with E-state index >= 15 is 0 Å². The van der Waals surface area contributed by atoms with E-state index in [0.29, 0.717) is 11.6 Å². The smallest absolute Gasteiger partial charge is 0.244 e. The van der Waals surface area contributed by atoms with E-state index in [9.17, 15) is 4.79 Å². The second-order valence-electron chi connectivity index (χ2n) is 4.84. The van der Waals surface area contributed by atoms with E-state index in [1.807, 2.05) is 27.0 Å². The molecule has 0 aliphatic carbocycles. The van der Waals surface area contributed by atoms with Gasteiger partial charge < -0.3 is 4.90 Å². The highest BCUT2D eigenvalue weighted by Gasteiger charge is 2.15. The molecule has 2 rings (SSSR count). The van der Waals surface area contributed by atoms with Gasteiger partial charge >= 0.3 is 0 Å². The molecule has 0 fully saturated rings. The normalized spacial score (nSPS) is 10.8. The van der Waals surface area contributed by atoms with Crippen LogP contribution in [0, 0.1) is 13.8 Å². The van der Waals surface area contributed by atoms with Crippen LogP contribution in [0.25, 0.3) is 0 Å². The van der Waals surface area contributed by atoms with E-state index in [-0.39, 0.29) is 12.5 Å². The van der Waals surface area contributed by atoms with Crippen LogP contribution in [-0.2, 0) is 24.9 Å². The third kappa shape index (κ3) is 2.85. The Balaban J connectivity index is 2.04. The summed E-state index contributed by atoms with van der Waals surface area (Å²) >= 11 is 6.08. The summed E-state index contributed by atoms with van der Waals surface area (Å²) in [7, 11) is 3.62. The van der Waals surface area contributed by atoms with Crippen LogP contribution in [0.2, 0.25) is 5.02 Å². The van der Waals surface area contributed by atoms with Gasteiger partial charge in [0.15, 0.2) is 0 Å². The average molecular weight is 296 g/mol. The molecule has 0 bridgehead atoms. The summed E-state index contributed by atoms with van der Waals surface area (Å²) in [6.07, 6.45) is 1.72. The molecule has 0 unspecified atom stereocenters. The summed E-state index contributed by atoms with van der Waals surface area (Å²) in [4.78, 5) is 13.9. The summed E-state index contributed by atoms with van der Waals surface area (Å²) in [5, 5.41) is 8.97. The molecule has 20 heavy (non-hydrogen) atoms. The fourth-order valence-electron chi connectivity index (χ4n) is 1.97. The van der Waals surface area contributed by atoms with Gasteiger partial charge in [-0.1, -0.05) is 11.6 Å². The molecule has 0 aromatic carbocycles. The number of carbonyl (C=O) groups excluding carboxylic acids is 1. The molecule has 6 nitrogen and oxygen atoms in total. The topological polar surface area (TPSA) is 56.0 Å². The fraction of sp³-hybridized carbons (Fsp3) is 0.462. The monoisotopic (exact) mass is 295 g/mol. The lowest BCUT2D eigenvalue weighted by atomic mass is 10.3. The Labute approximate surface area is 122 Å². The van der Waals surface area contributed by atoms with Gasteiger partial charge in [0.2, 0.25) is 5.91 Å². The molecule has 7 heteroatoms. The molecule has 0 saturated heterocycles. The number of halogens is 1. The van der Waals surface area contributed by atoms with Gasteiger partial charge in [-0.25, -0.2) is 0 Å². The van der Waals surface area contributed by atoms with Crippen molar-refractivity contribution in [2.24, 2.45) is 7.05 Å². The lowest BCUT2D eigenvalue weighted by Gasteiger charge is -2.17. The van der Waals surface area contributed by atoms with Crippen molar-refractivity contribution in [3.63, 3.8) is 0 Å². The molecule has 108 valence electrons. The maximum Gasteiger partial charge on any atom is 0.244 e. The first-order chi connectivity index (χ1) is 9.40. The van der Waals surface area contributed by atoms with Crippen molar-refractivity contribution in [1.82, 2.24) is 24.5 Å². The lowest BCUT2D eigenvalue weighted by Crippen LogP contribution is -2.31. The third-order valence-corrected chi connectivity index (χ3v) is 3.87. The van der Waals surface area contributed by atoms with Crippen LogP contribution in [0.4, 0.5) is 0 Å². The number of rotatable bonds is 4. The van der Waals surface area contributed by atoms with Crippen molar-refractivity contribution in [2.75, 3.05) is 7.05 Å². The molecule has 0 spiro atoms. The zero-order chi connectivity index (χ0) is 14.9. The van der Waals surface area contributed by atoms with Crippen LogP contribution in [0.15, 0.2) is 12.3 Å². The molecular weight excluding hydrogens is 278 g/mol. The highest BCUT2D eigenvalue weighted by Crippen LogP contribution is 2.18. The first kappa shape index (κ1) is 14.6. The van der Waals surface area contributed by atoms with Crippen LogP contribution in [-0.4, -0.2) is 37.4 Å². The van der Waals surface area contributed by atoms with Crippen molar-refractivity contribution in [1.29, 1.82) is 0 Å². The molecule has 1 amide bonds. The number of hydrogen-bond acceptors (Lipinski definition) is 3. The van der Waals surface area contributed by atoms with Gasteiger partial charge in [0.05, 0.1) is 28.6 Å². The Morgan fingerprint density at radius 1 is 1.45 bits per heavy atom. The Hall–Kier alpha value is -1.82. The van der Waals surface area contributed by atoms with Gasteiger partial charge in [-0.05, 0) is 19.9 Å². The molecule has 0 atom stereocenters. The molecule has 2 aromatic heterocycles. The van der Waals surface area contributed by atoms with Gasteiger partial charge in [0, 0.05) is 20.3 Å². The SMILES string of the molecule is Cc1nn(CC(=O)N(C)Cc2ccnn2C)c(C)c1Cl. The van der Waals surface area contributed by atoms with Gasteiger partial charge in [-0.2, -0.15) is 10.2 Å². The maximum atomic E-state index is 12.2. The zero-order valence-electron chi connectivity index (χ0n) is 12.1. The predicted octanol–water partition coefficient (Wildman–Crippen LogP) is 1.55. The van der Waals surface area contributed by atoms with Crippen LogP contribution < -0.4 is 0 Å². The third-order valence-electron chi connectivity index (χ3n) is 3.33. The maximum absolute atomic E-state index is 12.2.